The molecule has 1 rings (SSSR count). The minimum atomic E-state index is -2.97. The normalized spacial score (nSPS) is 13.8. The topological polar surface area (TPSA) is 68.2 Å². The van der Waals surface area contributed by atoms with Gasteiger partial charge in [-0.25, -0.2) is 4.67 Å². The fourth-order valence-corrected chi connectivity index (χ4v) is 4.75. The summed E-state index contributed by atoms with van der Waals surface area (Å²) in [5, 5.41) is 0. The Morgan fingerprint density at radius 1 is 1.04 bits per heavy atom. The van der Waals surface area contributed by atoms with E-state index in [1.807, 2.05) is 56.6 Å². The molecule has 0 saturated carbocycles. The molecule has 0 bridgehead atoms. The zero-order valence-corrected chi connectivity index (χ0v) is 17.8. The molecule has 1 aromatic rings. The van der Waals surface area contributed by atoms with E-state index in [-0.39, 0.29) is 12.1 Å². The van der Waals surface area contributed by atoms with Crippen LogP contribution in [0.5, 0.6) is 0 Å². The zero-order chi connectivity index (χ0) is 19.0. The minimum Gasteiger partial charge on any atom is -0.338 e. The van der Waals surface area contributed by atoms with Crippen LogP contribution in [-0.4, -0.2) is 42.0 Å². The predicted octanol–water partition coefficient (Wildman–Crippen LogP) is 4.57. The van der Waals surface area contributed by atoms with Gasteiger partial charge in [-0.3, -0.25) is 4.57 Å². The molecule has 0 aromatic heterocycles. The van der Waals surface area contributed by atoms with Crippen molar-refractivity contribution in [2.75, 3.05) is 20.4 Å². The molecule has 8 heteroatoms. The van der Waals surface area contributed by atoms with Gasteiger partial charge in [-0.2, -0.15) is 0 Å². The Labute approximate surface area is 153 Å². The molecule has 0 radical (unpaired) electrons. The van der Waals surface area contributed by atoms with Gasteiger partial charge in [0.05, 0.1) is 12.8 Å². The van der Waals surface area contributed by atoms with Crippen LogP contribution in [0.2, 0.25) is 0 Å². The average Bonchev–Trinajstić information content (AvgIpc) is 2.58. The van der Waals surface area contributed by atoms with Crippen LogP contribution in [0, 0.1) is 0 Å². The maximum absolute atomic E-state index is 12.0. The molecular formula is C17H31NO5P2. The lowest BCUT2D eigenvalue weighted by Crippen LogP contribution is -2.32. The van der Waals surface area contributed by atoms with Gasteiger partial charge in [-0.1, -0.05) is 24.3 Å². The maximum Gasteiger partial charge on any atom is 0.330 e. The Kier molecular flexibility index (Phi) is 9.76. The Hall–Kier alpha value is -0.320. The quantitative estimate of drug-likeness (QED) is 0.558. The molecule has 1 N–H and O–H groups in total. The first-order valence-electron chi connectivity index (χ1n) is 8.41. The highest BCUT2D eigenvalue weighted by Gasteiger charge is 2.24. The lowest BCUT2D eigenvalue weighted by atomic mass is 10.1. The third-order valence-electron chi connectivity index (χ3n) is 3.86. The predicted molar refractivity (Wildman–Crippen MR) is 103 cm³/mol. The van der Waals surface area contributed by atoms with E-state index >= 15 is 0 Å². The van der Waals surface area contributed by atoms with Crippen LogP contribution < -0.4 is 0 Å². The van der Waals surface area contributed by atoms with E-state index in [4.69, 9.17) is 13.6 Å². The van der Waals surface area contributed by atoms with Crippen molar-refractivity contribution in [3.8, 4) is 0 Å². The average molecular weight is 391 g/mol. The molecule has 144 valence electrons. The van der Waals surface area contributed by atoms with Crippen molar-refractivity contribution in [1.29, 1.82) is 0 Å². The third-order valence-corrected chi connectivity index (χ3v) is 7.42. The van der Waals surface area contributed by atoms with Gasteiger partial charge in [-0.15, -0.1) is 0 Å². The summed E-state index contributed by atoms with van der Waals surface area (Å²) in [6.07, 6.45) is 0.955. The van der Waals surface area contributed by atoms with E-state index in [0.717, 1.165) is 11.1 Å². The summed E-state index contributed by atoms with van der Waals surface area (Å²) >= 11 is 0. The summed E-state index contributed by atoms with van der Waals surface area (Å²) in [5.41, 5.74) is 2.04. The van der Waals surface area contributed by atoms with Crippen molar-refractivity contribution >= 4 is 16.1 Å². The van der Waals surface area contributed by atoms with E-state index in [1.54, 1.807) is 0 Å². The first-order chi connectivity index (χ1) is 11.7. The second-order valence-corrected chi connectivity index (χ2v) is 9.98. The van der Waals surface area contributed by atoms with Crippen LogP contribution >= 0.6 is 16.1 Å². The van der Waals surface area contributed by atoms with Gasteiger partial charge in [0.2, 0.25) is 0 Å². The highest BCUT2D eigenvalue weighted by molar-refractivity contribution is 7.53. The standard InChI is InChI=1S/C17H31NO5P2/c1-14(2)18(15(3)4)24(19)23-13-17-9-7-16(8-10-17)11-12-25(20,21-5)22-6/h7-10,14-15,19H,11-13H2,1-6H3. The summed E-state index contributed by atoms with van der Waals surface area (Å²) < 4.78 is 29.6. The first kappa shape index (κ1) is 22.7. The van der Waals surface area contributed by atoms with Crippen molar-refractivity contribution in [3.05, 3.63) is 35.4 Å². The van der Waals surface area contributed by atoms with Gasteiger partial charge in [-0.05, 0) is 45.2 Å². The fourth-order valence-electron chi connectivity index (χ4n) is 2.52. The minimum absolute atomic E-state index is 0.218. The summed E-state index contributed by atoms with van der Waals surface area (Å²) in [6.45, 7) is 8.53. The Morgan fingerprint density at radius 2 is 1.52 bits per heavy atom. The number of hydrogen-bond donors (Lipinski definition) is 1. The van der Waals surface area contributed by atoms with E-state index in [0.29, 0.717) is 19.2 Å². The molecule has 25 heavy (non-hydrogen) atoms. The van der Waals surface area contributed by atoms with Crippen molar-refractivity contribution in [2.45, 2.75) is 52.8 Å². The van der Waals surface area contributed by atoms with Gasteiger partial charge in [0.1, 0.15) is 0 Å². The summed E-state index contributed by atoms with van der Waals surface area (Å²) in [7, 11) is -1.80. The molecule has 1 atom stereocenters. The van der Waals surface area contributed by atoms with Crippen molar-refractivity contribution < 1.29 is 23.0 Å². The molecule has 6 nitrogen and oxygen atoms in total. The number of hydrogen-bond acceptors (Lipinski definition) is 6. The van der Waals surface area contributed by atoms with Crippen molar-refractivity contribution in [2.24, 2.45) is 0 Å². The Balaban J connectivity index is 2.56. The van der Waals surface area contributed by atoms with Crippen LogP contribution in [-0.2, 0) is 31.2 Å². The SMILES string of the molecule is COP(=O)(CCc1ccc(COP(O)N(C(C)C)C(C)C)cc1)OC. The molecule has 0 saturated heterocycles. The Morgan fingerprint density at radius 3 is 1.96 bits per heavy atom. The smallest absolute Gasteiger partial charge is 0.330 e. The van der Waals surface area contributed by atoms with E-state index in [1.165, 1.54) is 14.2 Å². The summed E-state index contributed by atoms with van der Waals surface area (Å²) in [5.74, 6) is 0. The lowest BCUT2D eigenvalue weighted by molar-refractivity contribution is 0.206. The summed E-state index contributed by atoms with van der Waals surface area (Å²) in [6, 6.07) is 8.29. The largest absolute Gasteiger partial charge is 0.338 e. The third kappa shape index (κ3) is 7.44. The maximum atomic E-state index is 12.0. The fraction of sp³-hybridized carbons (Fsp3) is 0.647. The molecule has 0 spiro atoms. The van der Waals surface area contributed by atoms with E-state index < -0.39 is 16.1 Å². The number of nitrogens with zero attached hydrogens (tertiary/aromatic N) is 1. The molecule has 0 amide bonds. The van der Waals surface area contributed by atoms with Crippen LogP contribution in [0.25, 0.3) is 0 Å². The molecule has 0 heterocycles. The lowest BCUT2D eigenvalue weighted by Gasteiger charge is -2.32. The first-order valence-corrected chi connectivity index (χ1v) is 11.3. The molecule has 0 aliphatic carbocycles. The van der Waals surface area contributed by atoms with Gasteiger partial charge in [0, 0.05) is 26.3 Å². The highest BCUT2D eigenvalue weighted by Crippen LogP contribution is 2.46. The van der Waals surface area contributed by atoms with Crippen LogP contribution in [0.15, 0.2) is 24.3 Å². The summed E-state index contributed by atoms with van der Waals surface area (Å²) in [4.78, 5) is 10.3. The van der Waals surface area contributed by atoms with Crippen molar-refractivity contribution in [1.82, 2.24) is 4.67 Å². The second kappa shape index (κ2) is 10.7. The van der Waals surface area contributed by atoms with Gasteiger partial charge in [0.15, 0.2) is 0 Å². The van der Waals surface area contributed by atoms with Gasteiger partial charge in [0.25, 0.3) is 8.53 Å². The van der Waals surface area contributed by atoms with E-state index in [9.17, 15) is 9.46 Å². The Bertz CT molecular complexity index is 534. The number of aryl methyl sites for hydroxylation is 1. The highest BCUT2D eigenvalue weighted by atomic mass is 31.2. The molecule has 1 aromatic carbocycles. The van der Waals surface area contributed by atoms with Crippen LogP contribution in [0.3, 0.4) is 0 Å². The molecule has 1 unspecified atom stereocenters. The molecule has 0 fully saturated rings. The second-order valence-electron chi connectivity index (χ2n) is 6.36. The van der Waals surface area contributed by atoms with Crippen LogP contribution in [0.4, 0.5) is 0 Å². The van der Waals surface area contributed by atoms with Gasteiger partial charge >= 0.3 is 7.60 Å². The molecule has 0 aliphatic rings. The van der Waals surface area contributed by atoms with Crippen molar-refractivity contribution in [3.63, 3.8) is 0 Å². The van der Waals surface area contributed by atoms with Gasteiger partial charge < -0.3 is 18.5 Å². The van der Waals surface area contributed by atoms with Crippen LogP contribution in [0.1, 0.15) is 38.8 Å². The number of rotatable bonds is 11. The monoisotopic (exact) mass is 391 g/mol. The zero-order valence-electron chi connectivity index (χ0n) is 16.0. The molecule has 0 aliphatic heterocycles. The van der Waals surface area contributed by atoms with E-state index in [2.05, 4.69) is 0 Å². The molecular weight excluding hydrogens is 360 g/mol. The number of benzene rings is 1.